The van der Waals surface area contributed by atoms with E-state index in [-0.39, 0.29) is 0 Å². The molecule has 2 nitrogen and oxygen atoms in total. The molecule has 3 aromatic heterocycles. The standard InChI is InChI=1S/C43H25NOS/c1-2-11-27(12-3-1)39-41-30-13-4-7-17-34(30)44-43(33(41)25-36-42(39)31-14-5-8-18-35(31)45-36)28-23-21-26(22-24-28)29-16-10-20-38-40(29)32-15-6-9-19-37(32)46-38/h1-25H. The van der Waals surface area contributed by atoms with Gasteiger partial charge in [-0.25, -0.2) is 4.98 Å². The third-order valence-electron chi connectivity index (χ3n) is 9.26. The summed E-state index contributed by atoms with van der Waals surface area (Å²) >= 11 is 1.86. The molecule has 10 rings (SSSR count). The third-order valence-corrected chi connectivity index (χ3v) is 10.4. The summed E-state index contributed by atoms with van der Waals surface area (Å²) < 4.78 is 9.18. The number of para-hydroxylation sites is 2. The van der Waals surface area contributed by atoms with E-state index in [0.29, 0.717) is 0 Å². The number of fused-ring (bicyclic) bond motifs is 9. The molecular formula is C43H25NOS. The Balaban J connectivity index is 1.26. The van der Waals surface area contributed by atoms with Crippen molar-refractivity contribution in [3.8, 4) is 33.5 Å². The first-order chi connectivity index (χ1) is 22.8. The molecule has 0 unspecified atom stereocenters. The van der Waals surface area contributed by atoms with Crippen molar-refractivity contribution in [2.24, 2.45) is 0 Å². The maximum absolute atomic E-state index is 6.54. The Hall–Kier alpha value is -5.77. The van der Waals surface area contributed by atoms with Gasteiger partial charge in [0.15, 0.2) is 0 Å². The van der Waals surface area contributed by atoms with E-state index in [0.717, 1.165) is 49.5 Å². The van der Waals surface area contributed by atoms with Crippen molar-refractivity contribution < 1.29 is 4.42 Å². The first-order valence-electron chi connectivity index (χ1n) is 15.5. The van der Waals surface area contributed by atoms with Crippen molar-refractivity contribution in [1.29, 1.82) is 0 Å². The van der Waals surface area contributed by atoms with E-state index in [9.17, 15) is 0 Å². The van der Waals surface area contributed by atoms with E-state index >= 15 is 0 Å². The summed E-state index contributed by atoms with van der Waals surface area (Å²) in [5.41, 5.74) is 9.59. The van der Waals surface area contributed by atoms with Gasteiger partial charge in [0.25, 0.3) is 0 Å². The second-order valence-electron chi connectivity index (χ2n) is 11.8. The van der Waals surface area contributed by atoms with Crippen LogP contribution in [-0.4, -0.2) is 4.98 Å². The van der Waals surface area contributed by atoms with Crippen molar-refractivity contribution in [3.05, 3.63) is 152 Å². The van der Waals surface area contributed by atoms with E-state index in [1.807, 2.05) is 17.4 Å². The molecule has 0 spiro atoms. The van der Waals surface area contributed by atoms with E-state index in [4.69, 9.17) is 9.40 Å². The lowest BCUT2D eigenvalue weighted by atomic mass is 9.89. The van der Waals surface area contributed by atoms with Gasteiger partial charge in [0.05, 0.1) is 11.2 Å². The Morgan fingerprint density at radius 3 is 2.00 bits per heavy atom. The molecule has 0 radical (unpaired) electrons. The Labute approximate surface area is 268 Å². The minimum Gasteiger partial charge on any atom is -0.456 e. The lowest BCUT2D eigenvalue weighted by Crippen LogP contribution is -1.93. The summed E-state index contributed by atoms with van der Waals surface area (Å²) in [6.07, 6.45) is 0. The molecule has 0 bridgehead atoms. The van der Waals surface area contributed by atoms with Crippen molar-refractivity contribution >= 4 is 75.1 Å². The van der Waals surface area contributed by atoms with Crippen molar-refractivity contribution in [3.63, 3.8) is 0 Å². The molecule has 10 aromatic rings. The van der Waals surface area contributed by atoms with Crippen LogP contribution in [0.5, 0.6) is 0 Å². The largest absolute Gasteiger partial charge is 0.456 e. The van der Waals surface area contributed by atoms with Gasteiger partial charge in [0.2, 0.25) is 0 Å². The van der Waals surface area contributed by atoms with Crippen LogP contribution in [0, 0.1) is 0 Å². The molecular weight excluding hydrogens is 579 g/mol. The summed E-state index contributed by atoms with van der Waals surface area (Å²) in [7, 11) is 0. The molecule has 0 saturated heterocycles. The van der Waals surface area contributed by atoms with E-state index in [1.54, 1.807) is 0 Å². The summed E-state index contributed by atoms with van der Waals surface area (Å²) in [4.78, 5) is 5.31. The molecule has 7 aromatic carbocycles. The van der Waals surface area contributed by atoms with Gasteiger partial charge < -0.3 is 4.42 Å². The van der Waals surface area contributed by atoms with Gasteiger partial charge in [-0.3, -0.25) is 0 Å². The lowest BCUT2D eigenvalue weighted by molar-refractivity contribution is 0.669. The maximum atomic E-state index is 6.54. The highest BCUT2D eigenvalue weighted by Gasteiger charge is 2.21. The van der Waals surface area contributed by atoms with Crippen LogP contribution in [0.15, 0.2) is 156 Å². The highest BCUT2D eigenvalue weighted by molar-refractivity contribution is 7.25. The number of nitrogens with zero attached hydrogens (tertiary/aromatic N) is 1. The maximum Gasteiger partial charge on any atom is 0.136 e. The van der Waals surface area contributed by atoms with Crippen LogP contribution in [0.25, 0.3) is 97.3 Å². The number of furan rings is 1. The second-order valence-corrected chi connectivity index (χ2v) is 12.9. The zero-order valence-electron chi connectivity index (χ0n) is 24.7. The molecule has 0 aliphatic rings. The molecule has 46 heavy (non-hydrogen) atoms. The van der Waals surface area contributed by atoms with Crippen LogP contribution in [0.1, 0.15) is 0 Å². The fourth-order valence-corrected chi connectivity index (χ4v) is 8.39. The monoisotopic (exact) mass is 603 g/mol. The van der Waals surface area contributed by atoms with E-state index in [2.05, 4.69) is 146 Å². The molecule has 0 atom stereocenters. The van der Waals surface area contributed by atoms with Crippen LogP contribution in [0.4, 0.5) is 0 Å². The Morgan fingerprint density at radius 1 is 0.435 bits per heavy atom. The fraction of sp³-hybridized carbons (Fsp3) is 0. The van der Waals surface area contributed by atoms with Crippen LogP contribution in [0.3, 0.4) is 0 Å². The number of rotatable bonds is 3. The smallest absolute Gasteiger partial charge is 0.136 e. The zero-order chi connectivity index (χ0) is 30.2. The van der Waals surface area contributed by atoms with Crippen molar-refractivity contribution in [1.82, 2.24) is 4.98 Å². The first-order valence-corrected chi connectivity index (χ1v) is 16.4. The van der Waals surface area contributed by atoms with E-state index in [1.165, 1.54) is 47.8 Å². The number of aromatic nitrogens is 1. The first kappa shape index (κ1) is 25.5. The third kappa shape index (κ3) is 3.73. The van der Waals surface area contributed by atoms with Crippen LogP contribution < -0.4 is 0 Å². The predicted molar refractivity (Wildman–Crippen MR) is 196 cm³/mol. The SMILES string of the molecule is c1ccc(-c2c3c(cc4c(-c5ccc(-c6cccc7sc8ccccc8c67)cc5)nc5ccccc5c24)oc2ccccc23)cc1. The summed E-state index contributed by atoms with van der Waals surface area (Å²) in [6, 6.07) is 54.1. The average Bonchev–Trinajstić information content (AvgIpc) is 3.69. The molecule has 214 valence electrons. The topological polar surface area (TPSA) is 26.0 Å². The number of hydrogen-bond acceptors (Lipinski definition) is 3. The van der Waals surface area contributed by atoms with Gasteiger partial charge >= 0.3 is 0 Å². The van der Waals surface area contributed by atoms with Gasteiger partial charge in [-0.1, -0.05) is 121 Å². The van der Waals surface area contributed by atoms with Crippen LogP contribution >= 0.6 is 11.3 Å². The summed E-state index contributed by atoms with van der Waals surface area (Å²) in [6.45, 7) is 0. The van der Waals surface area contributed by atoms with Gasteiger partial charge in [0.1, 0.15) is 11.2 Å². The highest BCUT2D eigenvalue weighted by Crippen LogP contribution is 2.46. The second kappa shape index (κ2) is 9.87. The van der Waals surface area contributed by atoms with Gasteiger partial charge in [0, 0.05) is 58.2 Å². The minimum atomic E-state index is 0.874. The van der Waals surface area contributed by atoms with E-state index < -0.39 is 0 Å². The number of thiophene rings is 1. The van der Waals surface area contributed by atoms with Crippen molar-refractivity contribution in [2.75, 3.05) is 0 Å². The van der Waals surface area contributed by atoms with Gasteiger partial charge in [-0.05, 0) is 47.0 Å². The Bertz CT molecular complexity index is 2790. The predicted octanol–water partition coefficient (Wildman–Crippen LogP) is 12.7. The number of hydrogen-bond donors (Lipinski definition) is 0. The molecule has 0 aliphatic heterocycles. The average molecular weight is 604 g/mol. The summed E-state index contributed by atoms with van der Waals surface area (Å²) in [5, 5.41) is 8.33. The van der Waals surface area contributed by atoms with Gasteiger partial charge in [-0.2, -0.15) is 0 Å². The molecule has 0 fully saturated rings. The molecule has 3 heterocycles. The number of pyridine rings is 1. The van der Waals surface area contributed by atoms with Gasteiger partial charge in [-0.15, -0.1) is 11.3 Å². The van der Waals surface area contributed by atoms with Crippen molar-refractivity contribution in [2.45, 2.75) is 0 Å². The normalized spacial score (nSPS) is 11.9. The number of benzene rings is 7. The van der Waals surface area contributed by atoms with Crippen LogP contribution in [-0.2, 0) is 0 Å². The molecule has 0 saturated carbocycles. The highest BCUT2D eigenvalue weighted by atomic mass is 32.1. The molecule has 3 heteroatoms. The zero-order valence-corrected chi connectivity index (χ0v) is 25.5. The fourth-order valence-electron chi connectivity index (χ4n) is 7.25. The Kier molecular flexibility index (Phi) is 5.48. The molecule has 0 N–H and O–H groups in total. The minimum absolute atomic E-state index is 0.874. The molecule has 0 amide bonds. The molecule has 0 aliphatic carbocycles. The lowest BCUT2D eigenvalue weighted by Gasteiger charge is -2.16. The summed E-state index contributed by atoms with van der Waals surface area (Å²) in [5.74, 6) is 0. The van der Waals surface area contributed by atoms with Crippen LogP contribution in [0.2, 0.25) is 0 Å². The Morgan fingerprint density at radius 2 is 1.13 bits per heavy atom. The quantitative estimate of drug-likeness (QED) is 0.188.